The summed E-state index contributed by atoms with van der Waals surface area (Å²) in [7, 11) is 0. The molecule has 2 aromatic rings. The van der Waals surface area contributed by atoms with Crippen LogP contribution in [0.2, 0.25) is 0 Å². The highest BCUT2D eigenvalue weighted by molar-refractivity contribution is 5.32. The van der Waals surface area contributed by atoms with E-state index in [4.69, 9.17) is 0 Å². The maximum absolute atomic E-state index is 12.8. The molecule has 0 amide bonds. The number of hydrogen-bond donors (Lipinski definition) is 1. The van der Waals surface area contributed by atoms with Gasteiger partial charge in [0.05, 0.1) is 5.69 Å². The van der Waals surface area contributed by atoms with E-state index in [0.717, 1.165) is 12.1 Å². The van der Waals surface area contributed by atoms with E-state index in [0.29, 0.717) is 0 Å². The van der Waals surface area contributed by atoms with Crippen LogP contribution in [0, 0.1) is 11.6 Å². The van der Waals surface area contributed by atoms with Gasteiger partial charge in [-0.15, -0.1) is 0 Å². The number of benzene rings is 1. The average Bonchev–Trinajstić information content (AvgIpc) is 2.57. The van der Waals surface area contributed by atoms with Crippen LogP contribution in [0.5, 0.6) is 0 Å². The van der Waals surface area contributed by atoms with Crippen LogP contribution in [-0.2, 0) is 0 Å². The number of nitrogens with one attached hydrogen (secondary N) is 1. The van der Waals surface area contributed by atoms with Gasteiger partial charge in [0.1, 0.15) is 0 Å². The van der Waals surface area contributed by atoms with E-state index in [1.54, 1.807) is 0 Å². The Morgan fingerprint density at radius 3 is 2.57 bits per heavy atom. The van der Waals surface area contributed by atoms with Gasteiger partial charge < -0.3 is 4.98 Å². The molecular formula is C9H6F2N2O. The second-order valence-corrected chi connectivity index (χ2v) is 2.73. The highest BCUT2D eigenvalue weighted by Gasteiger charge is 2.05. The minimum Gasteiger partial charge on any atom is -0.312 e. The molecule has 0 aliphatic carbocycles. The monoisotopic (exact) mass is 196 g/mol. The maximum atomic E-state index is 12.8. The van der Waals surface area contributed by atoms with Crippen LogP contribution < -0.4 is 5.69 Å². The first kappa shape index (κ1) is 8.68. The summed E-state index contributed by atoms with van der Waals surface area (Å²) in [5.41, 5.74) is -0.105. The maximum Gasteiger partial charge on any atom is 0.330 e. The molecule has 5 heteroatoms. The van der Waals surface area contributed by atoms with Crippen molar-refractivity contribution in [3.05, 3.63) is 52.7 Å². The van der Waals surface area contributed by atoms with Gasteiger partial charge in [-0.25, -0.2) is 13.6 Å². The molecule has 0 spiro atoms. The van der Waals surface area contributed by atoms with Crippen molar-refractivity contribution >= 4 is 0 Å². The largest absolute Gasteiger partial charge is 0.330 e. The molecule has 0 saturated heterocycles. The van der Waals surface area contributed by atoms with E-state index in [1.807, 2.05) is 0 Å². The van der Waals surface area contributed by atoms with Crippen molar-refractivity contribution in [3.8, 4) is 5.69 Å². The van der Waals surface area contributed by atoms with E-state index in [9.17, 15) is 13.6 Å². The fourth-order valence-corrected chi connectivity index (χ4v) is 1.16. The predicted molar refractivity (Wildman–Crippen MR) is 46.3 cm³/mol. The molecule has 3 nitrogen and oxygen atoms in total. The Hall–Kier alpha value is -1.91. The molecule has 0 atom stereocenters. The fraction of sp³-hybridized carbons (Fsp3) is 0. The van der Waals surface area contributed by atoms with E-state index in [-0.39, 0.29) is 5.69 Å². The third-order valence-corrected chi connectivity index (χ3v) is 1.83. The number of H-pyrrole nitrogens is 1. The topological polar surface area (TPSA) is 37.8 Å². The molecule has 0 aliphatic rings. The van der Waals surface area contributed by atoms with Crippen molar-refractivity contribution < 1.29 is 8.78 Å². The Labute approximate surface area is 77.6 Å². The van der Waals surface area contributed by atoms with Gasteiger partial charge in [-0.3, -0.25) is 4.57 Å². The summed E-state index contributed by atoms with van der Waals surface area (Å²) in [6.07, 6.45) is 2.86. The van der Waals surface area contributed by atoms with Crippen LogP contribution in [-0.4, -0.2) is 9.55 Å². The van der Waals surface area contributed by atoms with Crippen molar-refractivity contribution in [1.82, 2.24) is 9.55 Å². The Balaban J connectivity index is 2.59. The molecule has 1 N–H and O–H groups in total. The first-order valence-electron chi connectivity index (χ1n) is 3.90. The lowest BCUT2D eigenvalue weighted by Crippen LogP contribution is -2.14. The Morgan fingerprint density at radius 1 is 1.21 bits per heavy atom. The van der Waals surface area contributed by atoms with Crippen molar-refractivity contribution in [1.29, 1.82) is 0 Å². The smallest absolute Gasteiger partial charge is 0.312 e. The van der Waals surface area contributed by atoms with Crippen LogP contribution >= 0.6 is 0 Å². The lowest BCUT2D eigenvalue weighted by Gasteiger charge is -2.00. The zero-order valence-corrected chi connectivity index (χ0v) is 7.00. The van der Waals surface area contributed by atoms with Crippen molar-refractivity contribution in [3.63, 3.8) is 0 Å². The lowest BCUT2D eigenvalue weighted by atomic mass is 10.3. The summed E-state index contributed by atoms with van der Waals surface area (Å²) in [4.78, 5) is 13.5. The first-order valence-corrected chi connectivity index (χ1v) is 3.90. The van der Waals surface area contributed by atoms with Crippen molar-refractivity contribution in [2.24, 2.45) is 0 Å². The van der Waals surface area contributed by atoms with Crippen LogP contribution in [0.15, 0.2) is 35.4 Å². The van der Waals surface area contributed by atoms with Crippen LogP contribution in [0.4, 0.5) is 8.78 Å². The van der Waals surface area contributed by atoms with Gasteiger partial charge >= 0.3 is 5.69 Å². The lowest BCUT2D eigenvalue weighted by molar-refractivity contribution is 0.508. The Kier molecular flexibility index (Phi) is 1.92. The molecule has 0 bridgehead atoms. The normalized spacial score (nSPS) is 10.4. The van der Waals surface area contributed by atoms with Gasteiger partial charge in [0.2, 0.25) is 0 Å². The molecule has 0 unspecified atom stereocenters. The summed E-state index contributed by atoms with van der Waals surface area (Å²) in [5.74, 6) is -1.91. The SMILES string of the molecule is O=c1[nH]ccn1-c1ccc(F)c(F)c1. The fourth-order valence-electron chi connectivity index (χ4n) is 1.16. The average molecular weight is 196 g/mol. The van der Waals surface area contributed by atoms with E-state index in [2.05, 4.69) is 4.98 Å². The Bertz CT molecular complexity index is 516. The molecule has 0 saturated carbocycles. The molecule has 14 heavy (non-hydrogen) atoms. The van der Waals surface area contributed by atoms with Crippen LogP contribution in [0.1, 0.15) is 0 Å². The molecule has 72 valence electrons. The third kappa shape index (κ3) is 1.32. The number of hydrogen-bond acceptors (Lipinski definition) is 1. The summed E-state index contributed by atoms with van der Waals surface area (Å²) < 4.78 is 26.6. The summed E-state index contributed by atoms with van der Waals surface area (Å²) in [5, 5.41) is 0. The second-order valence-electron chi connectivity index (χ2n) is 2.73. The minimum absolute atomic E-state index is 0.287. The van der Waals surface area contributed by atoms with Crippen molar-refractivity contribution in [2.75, 3.05) is 0 Å². The third-order valence-electron chi connectivity index (χ3n) is 1.83. The zero-order chi connectivity index (χ0) is 10.1. The van der Waals surface area contributed by atoms with Gasteiger partial charge in [-0.1, -0.05) is 0 Å². The first-order chi connectivity index (χ1) is 6.68. The van der Waals surface area contributed by atoms with E-state index in [1.165, 1.54) is 23.0 Å². The van der Waals surface area contributed by atoms with Gasteiger partial charge in [0, 0.05) is 18.5 Å². The van der Waals surface area contributed by atoms with Gasteiger partial charge in [-0.05, 0) is 12.1 Å². The summed E-state index contributed by atoms with van der Waals surface area (Å²) in [6.45, 7) is 0. The molecule has 0 aliphatic heterocycles. The predicted octanol–water partition coefficient (Wildman–Crippen LogP) is 1.44. The van der Waals surface area contributed by atoms with Crippen LogP contribution in [0.3, 0.4) is 0 Å². The Morgan fingerprint density at radius 2 is 2.00 bits per heavy atom. The second kappa shape index (κ2) is 3.10. The summed E-state index contributed by atoms with van der Waals surface area (Å²) in [6, 6.07) is 3.27. The molecular weight excluding hydrogens is 190 g/mol. The van der Waals surface area contributed by atoms with Gasteiger partial charge in [0.25, 0.3) is 0 Å². The van der Waals surface area contributed by atoms with E-state index >= 15 is 0 Å². The molecule has 1 heterocycles. The molecule has 2 rings (SSSR count). The number of aromatic nitrogens is 2. The summed E-state index contributed by atoms with van der Waals surface area (Å²) >= 11 is 0. The standard InChI is InChI=1S/C9H6F2N2O/c10-7-2-1-6(5-8(7)11)13-4-3-12-9(13)14/h1-5H,(H,12,14). The van der Waals surface area contributed by atoms with Gasteiger partial charge in [-0.2, -0.15) is 0 Å². The van der Waals surface area contributed by atoms with Crippen molar-refractivity contribution in [2.45, 2.75) is 0 Å². The molecule has 1 aromatic carbocycles. The molecule has 0 radical (unpaired) electrons. The van der Waals surface area contributed by atoms with Crippen LogP contribution in [0.25, 0.3) is 5.69 Å². The number of imidazole rings is 1. The molecule has 1 aromatic heterocycles. The highest BCUT2D eigenvalue weighted by Crippen LogP contribution is 2.10. The van der Waals surface area contributed by atoms with E-state index < -0.39 is 17.3 Å². The zero-order valence-electron chi connectivity index (χ0n) is 7.00. The number of halogens is 2. The van der Waals surface area contributed by atoms with Gasteiger partial charge in [0.15, 0.2) is 11.6 Å². The quantitative estimate of drug-likeness (QED) is 0.736. The molecule has 0 fully saturated rings. The highest BCUT2D eigenvalue weighted by atomic mass is 19.2. The number of nitrogens with zero attached hydrogens (tertiary/aromatic N) is 1. The number of rotatable bonds is 1. The minimum atomic E-state index is -0.976. The number of aromatic amines is 1.